The van der Waals surface area contributed by atoms with Crippen molar-refractivity contribution < 1.29 is 4.79 Å². The minimum atomic E-state index is -0.0293. The largest absolute Gasteiger partial charge is 0.392 e. The maximum atomic E-state index is 12.4. The smallest absolute Gasteiger partial charge is 0.254 e. The molecule has 0 heterocycles. The van der Waals surface area contributed by atoms with Crippen LogP contribution in [0.15, 0.2) is 24.3 Å². The van der Waals surface area contributed by atoms with Gasteiger partial charge in [-0.3, -0.25) is 4.79 Å². The molecule has 2 N–H and O–H groups in total. The van der Waals surface area contributed by atoms with Gasteiger partial charge in [0, 0.05) is 31.9 Å². The van der Waals surface area contributed by atoms with Gasteiger partial charge in [0.1, 0.15) is 0 Å². The van der Waals surface area contributed by atoms with Gasteiger partial charge >= 0.3 is 0 Å². The zero-order valence-electron chi connectivity index (χ0n) is 11.7. The summed E-state index contributed by atoms with van der Waals surface area (Å²) in [4.78, 5) is 16.4. The van der Waals surface area contributed by atoms with E-state index >= 15 is 0 Å². The lowest BCUT2D eigenvalue weighted by Crippen LogP contribution is -2.38. The maximum absolute atomic E-state index is 12.4. The van der Waals surface area contributed by atoms with Crippen LogP contribution in [0.4, 0.5) is 5.69 Å². The summed E-state index contributed by atoms with van der Waals surface area (Å²) in [6, 6.07) is 7.55. The zero-order chi connectivity index (χ0) is 14.4. The highest BCUT2D eigenvalue weighted by Gasteiger charge is 2.16. The number of nitrogens with two attached hydrogens (primary N) is 1. The number of nitrogens with zero attached hydrogens (tertiary/aromatic N) is 2. The summed E-state index contributed by atoms with van der Waals surface area (Å²) in [6.07, 6.45) is 0.877. The summed E-state index contributed by atoms with van der Waals surface area (Å²) in [6.45, 7) is 3.01. The monoisotopic (exact) mass is 279 g/mol. The molecular weight excluding hydrogens is 258 g/mol. The number of hydrogen-bond acceptors (Lipinski definition) is 3. The Labute approximate surface area is 120 Å². The summed E-state index contributed by atoms with van der Waals surface area (Å²) < 4.78 is 0. The van der Waals surface area contributed by atoms with E-state index in [0.717, 1.165) is 12.1 Å². The van der Waals surface area contributed by atoms with Crippen LogP contribution in [-0.4, -0.2) is 43.0 Å². The summed E-state index contributed by atoms with van der Waals surface area (Å²) in [7, 11) is 3.89. The van der Waals surface area contributed by atoms with Gasteiger partial charge in [0.2, 0.25) is 0 Å². The molecule has 0 saturated heterocycles. The molecule has 0 atom stereocenters. The van der Waals surface area contributed by atoms with Gasteiger partial charge < -0.3 is 15.5 Å². The predicted octanol–water partition coefficient (Wildman–Crippen LogP) is 1.89. The number of rotatable bonds is 6. The first-order chi connectivity index (χ1) is 8.95. The normalized spacial score (nSPS) is 10.1. The molecule has 1 rings (SSSR count). The molecular formula is C14H21N3OS. The number of hydrogen-bond donors (Lipinski definition) is 1. The summed E-state index contributed by atoms with van der Waals surface area (Å²) in [5.41, 5.74) is 7.21. The topological polar surface area (TPSA) is 49.6 Å². The lowest BCUT2D eigenvalue weighted by atomic mass is 10.1. The second kappa shape index (κ2) is 7.09. The van der Waals surface area contributed by atoms with Crippen LogP contribution in [0.3, 0.4) is 0 Å². The maximum Gasteiger partial charge on any atom is 0.254 e. The first-order valence-corrected chi connectivity index (χ1v) is 6.71. The summed E-state index contributed by atoms with van der Waals surface area (Å²) in [5.74, 6) is -0.0293. The number of amides is 1. The van der Waals surface area contributed by atoms with Gasteiger partial charge in [0.15, 0.2) is 0 Å². The molecule has 0 aromatic heterocycles. The molecule has 1 amide bonds. The third-order valence-corrected chi connectivity index (χ3v) is 2.87. The number of anilines is 1. The first-order valence-electron chi connectivity index (χ1n) is 6.30. The summed E-state index contributed by atoms with van der Waals surface area (Å²) in [5, 5.41) is 0. The van der Waals surface area contributed by atoms with Crippen molar-refractivity contribution in [2.24, 2.45) is 5.73 Å². The Kier molecular flexibility index (Phi) is 5.76. The Bertz CT molecular complexity index is 460. The van der Waals surface area contributed by atoms with E-state index in [1.54, 1.807) is 4.90 Å². The minimum Gasteiger partial charge on any atom is -0.392 e. The average Bonchev–Trinajstić information content (AvgIpc) is 2.37. The van der Waals surface area contributed by atoms with Crippen LogP contribution in [0.1, 0.15) is 23.7 Å². The highest BCUT2D eigenvalue weighted by atomic mass is 32.1. The van der Waals surface area contributed by atoms with Crippen molar-refractivity contribution in [3.8, 4) is 0 Å². The van der Waals surface area contributed by atoms with Gasteiger partial charge in [-0.15, -0.1) is 0 Å². The fourth-order valence-electron chi connectivity index (χ4n) is 1.81. The van der Waals surface area contributed by atoms with Gasteiger partial charge in [0.05, 0.1) is 11.5 Å². The van der Waals surface area contributed by atoms with Gasteiger partial charge in [-0.05, 0) is 24.6 Å². The van der Waals surface area contributed by atoms with Gasteiger partial charge in [-0.2, -0.15) is 0 Å². The third-order valence-electron chi connectivity index (χ3n) is 2.74. The molecule has 0 unspecified atom stereocenters. The minimum absolute atomic E-state index is 0.0293. The first kappa shape index (κ1) is 15.4. The molecule has 1 aromatic rings. The number of thiocarbonyl (C=S) groups is 1. The number of carbonyl (C=O) groups is 1. The van der Waals surface area contributed by atoms with Crippen LogP contribution in [0, 0.1) is 0 Å². The van der Waals surface area contributed by atoms with Crippen LogP contribution in [0.5, 0.6) is 0 Å². The summed E-state index contributed by atoms with van der Waals surface area (Å²) >= 11 is 4.90. The van der Waals surface area contributed by atoms with Gasteiger partial charge in [0.25, 0.3) is 5.91 Å². The Morgan fingerprint density at radius 1 is 1.37 bits per heavy atom. The third kappa shape index (κ3) is 4.52. The molecule has 0 spiro atoms. The van der Waals surface area contributed by atoms with E-state index in [0.29, 0.717) is 23.6 Å². The quantitative estimate of drug-likeness (QED) is 0.808. The second-order valence-electron chi connectivity index (χ2n) is 4.64. The number of benzene rings is 1. The molecule has 0 saturated carbocycles. The van der Waals surface area contributed by atoms with E-state index in [-0.39, 0.29) is 5.91 Å². The van der Waals surface area contributed by atoms with Crippen LogP contribution in [0.25, 0.3) is 0 Å². The van der Waals surface area contributed by atoms with Crippen molar-refractivity contribution in [1.82, 2.24) is 4.90 Å². The average molecular weight is 279 g/mol. The Hall–Kier alpha value is -1.62. The van der Waals surface area contributed by atoms with Crippen molar-refractivity contribution in [1.29, 1.82) is 0 Å². The van der Waals surface area contributed by atoms with Crippen molar-refractivity contribution >= 4 is 28.8 Å². The van der Waals surface area contributed by atoms with E-state index in [2.05, 4.69) is 0 Å². The van der Waals surface area contributed by atoms with Crippen LogP contribution < -0.4 is 10.6 Å². The lowest BCUT2D eigenvalue weighted by Gasteiger charge is -2.22. The lowest BCUT2D eigenvalue weighted by molar-refractivity contribution is 0.0780. The second-order valence-corrected chi connectivity index (χ2v) is 5.16. The SMILES string of the molecule is CCCN(CC(N)=S)C(=O)c1cccc(N(C)C)c1. The van der Waals surface area contributed by atoms with Crippen LogP contribution in [0.2, 0.25) is 0 Å². The fourth-order valence-corrected chi connectivity index (χ4v) is 1.97. The Morgan fingerprint density at radius 2 is 2.05 bits per heavy atom. The molecule has 0 aliphatic carbocycles. The number of carbonyl (C=O) groups excluding carboxylic acids is 1. The molecule has 0 radical (unpaired) electrons. The predicted molar refractivity (Wildman–Crippen MR) is 83.7 cm³/mol. The molecule has 5 heteroatoms. The van der Waals surface area contributed by atoms with Gasteiger partial charge in [-0.25, -0.2) is 0 Å². The fraction of sp³-hybridized carbons (Fsp3) is 0.429. The molecule has 0 aliphatic heterocycles. The van der Waals surface area contributed by atoms with Gasteiger partial charge in [-0.1, -0.05) is 25.2 Å². The van der Waals surface area contributed by atoms with Crippen LogP contribution in [-0.2, 0) is 0 Å². The van der Waals surface area contributed by atoms with Crippen molar-refractivity contribution in [2.45, 2.75) is 13.3 Å². The highest BCUT2D eigenvalue weighted by Crippen LogP contribution is 2.15. The molecule has 0 bridgehead atoms. The molecule has 104 valence electrons. The Balaban J connectivity index is 2.95. The van der Waals surface area contributed by atoms with Crippen molar-refractivity contribution in [3.05, 3.63) is 29.8 Å². The molecule has 0 fully saturated rings. The van der Waals surface area contributed by atoms with E-state index in [4.69, 9.17) is 18.0 Å². The zero-order valence-corrected chi connectivity index (χ0v) is 12.5. The molecule has 4 nitrogen and oxygen atoms in total. The van der Waals surface area contributed by atoms with E-state index in [1.807, 2.05) is 50.2 Å². The standard InChI is InChI=1S/C14H21N3OS/c1-4-8-17(10-13(15)19)14(18)11-6-5-7-12(9-11)16(2)3/h5-7,9H,4,8,10H2,1-3H3,(H2,15,19). The highest BCUT2D eigenvalue weighted by molar-refractivity contribution is 7.80. The molecule has 0 aliphatic rings. The van der Waals surface area contributed by atoms with E-state index < -0.39 is 0 Å². The van der Waals surface area contributed by atoms with Crippen molar-refractivity contribution in [2.75, 3.05) is 32.1 Å². The van der Waals surface area contributed by atoms with Crippen LogP contribution >= 0.6 is 12.2 Å². The molecule has 1 aromatic carbocycles. The Morgan fingerprint density at radius 3 is 2.58 bits per heavy atom. The molecule has 19 heavy (non-hydrogen) atoms. The van der Waals surface area contributed by atoms with Crippen molar-refractivity contribution in [3.63, 3.8) is 0 Å². The van der Waals surface area contributed by atoms with E-state index in [9.17, 15) is 4.79 Å². The van der Waals surface area contributed by atoms with E-state index in [1.165, 1.54) is 0 Å².